The smallest absolute Gasteiger partial charge is 0.287 e. The van der Waals surface area contributed by atoms with Gasteiger partial charge in [-0.3, -0.25) is 19.5 Å². The molecule has 3 heterocycles. The third-order valence-electron chi connectivity index (χ3n) is 6.55. The third-order valence-corrected chi connectivity index (χ3v) is 6.55. The van der Waals surface area contributed by atoms with Gasteiger partial charge in [-0.2, -0.15) is 5.26 Å². The molecule has 37 heavy (non-hydrogen) atoms. The van der Waals surface area contributed by atoms with Crippen molar-refractivity contribution in [1.29, 1.82) is 5.26 Å². The number of hydrogen-bond acceptors (Lipinski definition) is 6. The van der Waals surface area contributed by atoms with Gasteiger partial charge in [-0.1, -0.05) is 12.1 Å². The van der Waals surface area contributed by atoms with Crippen LogP contribution in [0.15, 0.2) is 77.5 Å². The van der Waals surface area contributed by atoms with Crippen molar-refractivity contribution >= 4 is 28.5 Å². The van der Waals surface area contributed by atoms with Crippen molar-refractivity contribution in [3.05, 3.63) is 95.5 Å². The Balaban J connectivity index is 1.13. The average Bonchev–Trinajstić information content (AvgIpc) is 3.34. The fourth-order valence-electron chi connectivity index (χ4n) is 4.56. The summed E-state index contributed by atoms with van der Waals surface area (Å²) in [6, 6.07) is 20.6. The lowest BCUT2D eigenvalue weighted by atomic mass is 10.0. The van der Waals surface area contributed by atoms with Crippen LogP contribution in [-0.2, 0) is 17.8 Å². The average molecular weight is 494 g/mol. The van der Waals surface area contributed by atoms with Gasteiger partial charge in [0.2, 0.25) is 5.91 Å². The van der Waals surface area contributed by atoms with E-state index in [0.717, 1.165) is 43.4 Å². The van der Waals surface area contributed by atoms with Crippen LogP contribution in [-0.4, -0.2) is 40.8 Å². The Morgan fingerprint density at radius 3 is 2.49 bits per heavy atom. The molecule has 4 aromatic rings. The normalized spacial score (nSPS) is 14.2. The van der Waals surface area contributed by atoms with E-state index in [1.54, 1.807) is 30.6 Å². The molecule has 0 unspecified atom stereocenters. The number of furan rings is 1. The number of aromatic nitrogens is 1. The fourth-order valence-corrected chi connectivity index (χ4v) is 4.56. The molecule has 1 aliphatic rings. The lowest BCUT2D eigenvalue weighted by Crippen LogP contribution is -2.44. The van der Waals surface area contributed by atoms with Crippen molar-refractivity contribution in [3.63, 3.8) is 0 Å². The molecule has 1 saturated heterocycles. The first-order valence-corrected chi connectivity index (χ1v) is 12.3. The first-order chi connectivity index (χ1) is 18.1. The Hall–Kier alpha value is -4.48. The SMILES string of the molecule is N#Cc1ccc(CN2CCC(NC(=O)c3cc4cc(NC(=O)Cc5ccncc5)ccc4o3)CC2)cc1. The van der Waals surface area contributed by atoms with Gasteiger partial charge in [0, 0.05) is 49.1 Å². The second kappa shape index (κ2) is 11.1. The number of amides is 2. The second-order valence-corrected chi connectivity index (χ2v) is 9.28. The van der Waals surface area contributed by atoms with Gasteiger partial charge in [-0.05, 0) is 72.5 Å². The van der Waals surface area contributed by atoms with E-state index in [1.807, 2.05) is 42.5 Å². The summed E-state index contributed by atoms with van der Waals surface area (Å²) in [4.78, 5) is 31.6. The topological polar surface area (TPSA) is 111 Å². The summed E-state index contributed by atoms with van der Waals surface area (Å²) >= 11 is 0. The molecular weight excluding hydrogens is 466 g/mol. The molecule has 1 aliphatic heterocycles. The Morgan fingerprint density at radius 2 is 1.76 bits per heavy atom. The number of nitriles is 1. The van der Waals surface area contributed by atoms with Crippen LogP contribution >= 0.6 is 0 Å². The van der Waals surface area contributed by atoms with Crippen molar-refractivity contribution in [1.82, 2.24) is 15.2 Å². The van der Waals surface area contributed by atoms with Gasteiger partial charge in [-0.25, -0.2) is 0 Å². The van der Waals surface area contributed by atoms with Gasteiger partial charge in [0.15, 0.2) is 5.76 Å². The molecule has 2 amide bonds. The van der Waals surface area contributed by atoms with E-state index in [-0.39, 0.29) is 30.0 Å². The quantitative estimate of drug-likeness (QED) is 0.398. The van der Waals surface area contributed by atoms with Crippen molar-refractivity contribution in [2.24, 2.45) is 0 Å². The Morgan fingerprint density at radius 1 is 1.00 bits per heavy atom. The summed E-state index contributed by atoms with van der Waals surface area (Å²) in [7, 11) is 0. The number of carbonyl (C=O) groups is 2. The molecule has 2 N–H and O–H groups in total. The van der Waals surface area contributed by atoms with Crippen LogP contribution < -0.4 is 10.6 Å². The van der Waals surface area contributed by atoms with Crippen LogP contribution in [0.5, 0.6) is 0 Å². The summed E-state index contributed by atoms with van der Waals surface area (Å²) in [6.07, 6.45) is 5.29. The van der Waals surface area contributed by atoms with Gasteiger partial charge in [0.05, 0.1) is 18.1 Å². The number of fused-ring (bicyclic) bond motifs is 1. The van der Waals surface area contributed by atoms with Gasteiger partial charge in [0.25, 0.3) is 5.91 Å². The van der Waals surface area contributed by atoms with E-state index in [2.05, 4.69) is 26.6 Å². The number of carbonyl (C=O) groups excluding carboxylic acids is 2. The molecule has 0 spiro atoms. The molecule has 0 bridgehead atoms. The first kappa shape index (κ1) is 24.2. The number of nitrogens with zero attached hydrogens (tertiary/aromatic N) is 3. The fraction of sp³-hybridized carbons (Fsp3) is 0.241. The highest BCUT2D eigenvalue weighted by Crippen LogP contribution is 2.24. The molecular formula is C29H27N5O3. The Bertz CT molecular complexity index is 1430. The van der Waals surface area contributed by atoms with Crippen LogP contribution in [0.25, 0.3) is 11.0 Å². The molecule has 0 saturated carbocycles. The van der Waals surface area contributed by atoms with Crippen molar-refractivity contribution in [2.45, 2.75) is 31.8 Å². The molecule has 0 aliphatic carbocycles. The number of pyridine rings is 1. The molecule has 8 nitrogen and oxygen atoms in total. The van der Waals surface area contributed by atoms with Crippen LogP contribution in [0.1, 0.15) is 40.1 Å². The van der Waals surface area contributed by atoms with E-state index in [9.17, 15) is 9.59 Å². The number of benzene rings is 2. The van der Waals surface area contributed by atoms with Crippen LogP contribution in [0.2, 0.25) is 0 Å². The number of anilines is 1. The van der Waals surface area contributed by atoms with Crippen molar-refractivity contribution in [3.8, 4) is 6.07 Å². The second-order valence-electron chi connectivity index (χ2n) is 9.28. The van der Waals surface area contributed by atoms with Gasteiger partial charge in [-0.15, -0.1) is 0 Å². The minimum Gasteiger partial charge on any atom is -0.451 e. The summed E-state index contributed by atoms with van der Waals surface area (Å²) < 4.78 is 5.78. The van der Waals surface area contributed by atoms with Crippen LogP contribution in [0, 0.1) is 11.3 Å². The number of nitrogens with one attached hydrogen (secondary N) is 2. The minimum atomic E-state index is -0.231. The number of piperidine rings is 1. The summed E-state index contributed by atoms with van der Waals surface area (Å²) in [5.74, 6) is -0.0992. The lowest BCUT2D eigenvalue weighted by molar-refractivity contribution is -0.115. The summed E-state index contributed by atoms with van der Waals surface area (Å²) in [5.41, 5.74) is 3.97. The van der Waals surface area contributed by atoms with Gasteiger partial charge < -0.3 is 15.1 Å². The first-order valence-electron chi connectivity index (χ1n) is 12.3. The van der Waals surface area contributed by atoms with E-state index in [1.165, 1.54) is 5.56 Å². The molecule has 2 aromatic heterocycles. The maximum absolute atomic E-state index is 12.9. The summed E-state index contributed by atoms with van der Waals surface area (Å²) in [5, 5.41) is 15.7. The molecule has 186 valence electrons. The lowest BCUT2D eigenvalue weighted by Gasteiger charge is -2.32. The Kier molecular flexibility index (Phi) is 7.24. The highest BCUT2D eigenvalue weighted by molar-refractivity contribution is 5.98. The van der Waals surface area contributed by atoms with E-state index >= 15 is 0 Å². The van der Waals surface area contributed by atoms with E-state index in [0.29, 0.717) is 16.8 Å². The maximum atomic E-state index is 12.9. The zero-order valence-electron chi connectivity index (χ0n) is 20.3. The molecule has 2 aromatic carbocycles. The predicted molar refractivity (Wildman–Crippen MR) is 140 cm³/mol. The van der Waals surface area contributed by atoms with Crippen molar-refractivity contribution in [2.75, 3.05) is 18.4 Å². The summed E-state index contributed by atoms with van der Waals surface area (Å²) in [6.45, 7) is 2.60. The van der Waals surface area contributed by atoms with Crippen LogP contribution in [0.3, 0.4) is 0 Å². The van der Waals surface area contributed by atoms with E-state index in [4.69, 9.17) is 9.68 Å². The highest BCUT2D eigenvalue weighted by atomic mass is 16.3. The molecule has 5 rings (SSSR count). The molecule has 0 atom stereocenters. The molecule has 1 fully saturated rings. The predicted octanol–water partition coefficient (Wildman–Crippen LogP) is 4.28. The third kappa shape index (κ3) is 6.21. The maximum Gasteiger partial charge on any atom is 0.287 e. The van der Waals surface area contributed by atoms with Crippen molar-refractivity contribution < 1.29 is 14.0 Å². The Labute approximate surface area is 214 Å². The monoisotopic (exact) mass is 493 g/mol. The highest BCUT2D eigenvalue weighted by Gasteiger charge is 2.23. The number of rotatable bonds is 7. The van der Waals surface area contributed by atoms with Gasteiger partial charge in [0.1, 0.15) is 5.58 Å². The molecule has 0 radical (unpaired) electrons. The zero-order chi connectivity index (χ0) is 25.6. The standard InChI is InChI=1S/C29H27N5O3/c30-18-21-1-3-22(4-2-21)19-34-13-9-24(10-14-34)33-29(36)27-17-23-16-25(5-6-26(23)37-27)32-28(35)15-20-7-11-31-12-8-20/h1-8,11-12,16-17,24H,9-10,13-15,19H2,(H,32,35)(H,33,36). The van der Waals surface area contributed by atoms with E-state index < -0.39 is 0 Å². The number of likely N-dealkylation sites (tertiary alicyclic amines) is 1. The van der Waals surface area contributed by atoms with Gasteiger partial charge >= 0.3 is 0 Å². The zero-order valence-corrected chi connectivity index (χ0v) is 20.3. The number of hydrogen-bond donors (Lipinski definition) is 2. The van der Waals surface area contributed by atoms with Crippen LogP contribution in [0.4, 0.5) is 5.69 Å². The minimum absolute atomic E-state index is 0.0842. The largest absolute Gasteiger partial charge is 0.451 e. The molecule has 8 heteroatoms.